The van der Waals surface area contributed by atoms with Crippen LogP contribution in [0.5, 0.6) is 0 Å². The lowest BCUT2D eigenvalue weighted by atomic mass is 10.1. The Morgan fingerprint density at radius 3 is 2.55 bits per heavy atom. The van der Waals surface area contributed by atoms with Gasteiger partial charge in [-0.2, -0.15) is 0 Å². The lowest BCUT2D eigenvalue weighted by Crippen LogP contribution is -2.51. The molecule has 29 heavy (non-hydrogen) atoms. The molecule has 0 N–H and O–H groups in total. The maximum Gasteiger partial charge on any atom is 0.228 e. The Morgan fingerprint density at radius 1 is 1.07 bits per heavy atom. The van der Waals surface area contributed by atoms with E-state index in [-0.39, 0.29) is 30.0 Å². The SMILES string of the molecule is O=C1CC(C(=O)N2CCN(c3ccccn3)CC2)CN1CCc1ccccc1F. The van der Waals surface area contributed by atoms with Crippen molar-refractivity contribution in [3.8, 4) is 0 Å². The number of benzene rings is 1. The van der Waals surface area contributed by atoms with Gasteiger partial charge in [0.1, 0.15) is 11.6 Å². The molecule has 1 aromatic heterocycles. The van der Waals surface area contributed by atoms with E-state index in [1.165, 1.54) is 6.07 Å². The summed E-state index contributed by atoms with van der Waals surface area (Å²) in [7, 11) is 0. The van der Waals surface area contributed by atoms with Gasteiger partial charge in [0.25, 0.3) is 0 Å². The normalized spacial score (nSPS) is 19.7. The van der Waals surface area contributed by atoms with E-state index in [1.54, 1.807) is 29.3 Å². The number of nitrogens with zero attached hydrogens (tertiary/aromatic N) is 4. The highest BCUT2D eigenvalue weighted by Crippen LogP contribution is 2.22. The summed E-state index contributed by atoms with van der Waals surface area (Å²) in [6.07, 6.45) is 2.48. The van der Waals surface area contributed by atoms with E-state index in [4.69, 9.17) is 0 Å². The standard InChI is InChI=1S/C22H25FN4O2/c23-19-6-2-1-5-17(19)8-10-27-16-18(15-21(27)28)22(29)26-13-11-25(12-14-26)20-7-3-4-9-24-20/h1-7,9,18H,8,10-16H2. The summed E-state index contributed by atoms with van der Waals surface area (Å²) in [5, 5.41) is 0. The fourth-order valence-electron chi connectivity index (χ4n) is 4.07. The van der Waals surface area contributed by atoms with Gasteiger partial charge in [-0.1, -0.05) is 24.3 Å². The number of likely N-dealkylation sites (tertiary alicyclic amines) is 1. The van der Waals surface area contributed by atoms with Gasteiger partial charge in [0.15, 0.2) is 0 Å². The number of aromatic nitrogens is 1. The van der Waals surface area contributed by atoms with Crippen LogP contribution in [0.4, 0.5) is 10.2 Å². The average Bonchev–Trinajstić information content (AvgIpc) is 3.14. The zero-order chi connectivity index (χ0) is 20.2. The van der Waals surface area contributed by atoms with Crippen molar-refractivity contribution in [2.75, 3.05) is 44.2 Å². The molecule has 1 atom stereocenters. The predicted molar refractivity (Wildman–Crippen MR) is 108 cm³/mol. The van der Waals surface area contributed by atoms with Gasteiger partial charge in [-0.3, -0.25) is 9.59 Å². The first-order valence-corrected chi connectivity index (χ1v) is 10.1. The highest BCUT2D eigenvalue weighted by atomic mass is 19.1. The molecular weight excluding hydrogens is 371 g/mol. The van der Waals surface area contributed by atoms with E-state index in [2.05, 4.69) is 9.88 Å². The molecule has 0 aliphatic carbocycles. The third kappa shape index (κ3) is 4.39. The number of hydrogen-bond acceptors (Lipinski definition) is 4. The summed E-state index contributed by atoms with van der Waals surface area (Å²) in [5.74, 6) is 0.399. The number of pyridine rings is 1. The molecule has 2 aliphatic rings. The number of rotatable bonds is 5. The van der Waals surface area contributed by atoms with Crippen LogP contribution in [0.2, 0.25) is 0 Å². The fraction of sp³-hybridized carbons (Fsp3) is 0.409. The highest BCUT2D eigenvalue weighted by molar-refractivity contribution is 5.89. The third-order valence-electron chi connectivity index (χ3n) is 5.74. The third-order valence-corrected chi connectivity index (χ3v) is 5.74. The van der Waals surface area contributed by atoms with Gasteiger partial charge in [0.05, 0.1) is 5.92 Å². The molecule has 152 valence electrons. The topological polar surface area (TPSA) is 56.8 Å². The van der Waals surface area contributed by atoms with Crippen LogP contribution in [0, 0.1) is 11.7 Å². The second kappa shape index (κ2) is 8.59. The van der Waals surface area contributed by atoms with Crippen molar-refractivity contribution in [1.29, 1.82) is 0 Å². The molecule has 0 spiro atoms. The maximum absolute atomic E-state index is 13.8. The van der Waals surface area contributed by atoms with Gasteiger partial charge in [0.2, 0.25) is 11.8 Å². The summed E-state index contributed by atoms with van der Waals surface area (Å²) in [4.78, 5) is 35.4. The van der Waals surface area contributed by atoms with E-state index in [0.29, 0.717) is 38.2 Å². The molecule has 1 unspecified atom stereocenters. The smallest absolute Gasteiger partial charge is 0.228 e. The molecule has 2 fully saturated rings. The van der Waals surface area contributed by atoms with Crippen LogP contribution in [0.3, 0.4) is 0 Å². The molecule has 2 aromatic rings. The molecular formula is C22H25FN4O2. The van der Waals surface area contributed by atoms with E-state index in [9.17, 15) is 14.0 Å². The molecule has 2 saturated heterocycles. The van der Waals surface area contributed by atoms with Crippen LogP contribution in [0.15, 0.2) is 48.7 Å². The molecule has 0 bridgehead atoms. The second-order valence-electron chi connectivity index (χ2n) is 7.58. The summed E-state index contributed by atoms with van der Waals surface area (Å²) < 4.78 is 13.8. The van der Waals surface area contributed by atoms with Crippen LogP contribution in [0.1, 0.15) is 12.0 Å². The average molecular weight is 396 g/mol. The lowest BCUT2D eigenvalue weighted by Gasteiger charge is -2.36. The molecule has 0 saturated carbocycles. The number of carbonyl (C=O) groups excluding carboxylic acids is 2. The summed E-state index contributed by atoms with van der Waals surface area (Å²) in [5.41, 5.74) is 0.598. The van der Waals surface area contributed by atoms with Crippen LogP contribution >= 0.6 is 0 Å². The van der Waals surface area contributed by atoms with Crippen LogP contribution < -0.4 is 4.90 Å². The summed E-state index contributed by atoms with van der Waals surface area (Å²) in [6.45, 7) is 3.61. The molecule has 0 radical (unpaired) electrons. The van der Waals surface area contributed by atoms with Gasteiger partial charge in [0, 0.05) is 51.9 Å². The van der Waals surface area contributed by atoms with E-state index < -0.39 is 0 Å². The van der Waals surface area contributed by atoms with Crippen LogP contribution in [-0.2, 0) is 16.0 Å². The van der Waals surface area contributed by atoms with Gasteiger partial charge in [-0.05, 0) is 30.2 Å². The molecule has 7 heteroatoms. The minimum Gasteiger partial charge on any atom is -0.353 e. The zero-order valence-electron chi connectivity index (χ0n) is 16.3. The van der Waals surface area contributed by atoms with Crippen molar-refractivity contribution < 1.29 is 14.0 Å². The Bertz CT molecular complexity index is 868. The highest BCUT2D eigenvalue weighted by Gasteiger charge is 2.37. The number of piperazine rings is 1. The van der Waals surface area contributed by atoms with Crippen molar-refractivity contribution in [3.63, 3.8) is 0 Å². The molecule has 3 heterocycles. The van der Waals surface area contributed by atoms with Gasteiger partial charge in [-0.25, -0.2) is 9.37 Å². The Labute approximate surface area is 169 Å². The first kappa shape index (κ1) is 19.4. The first-order valence-electron chi connectivity index (χ1n) is 10.1. The number of halogens is 1. The first-order chi connectivity index (χ1) is 14.1. The van der Waals surface area contributed by atoms with E-state index in [1.807, 2.05) is 23.1 Å². The van der Waals surface area contributed by atoms with Gasteiger partial charge >= 0.3 is 0 Å². The number of amides is 2. The quantitative estimate of drug-likeness (QED) is 0.775. The Morgan fingerprint density at radius 2 is 1.83 bits per heavy atom. The van der Waals surface area contributed by atoms with Crippen molar-refractivity contribution in [1.82, 2.24) is 14.8 Å². The molecule has 6 nitrogen and oxygen atoms in total. The molecule has 1 aromatic carbocycles. The number of hydrogen-bond donors (Lipinski definition) is 0. The van der Waals surface area contributed by atoms with Gasteiger partial charge in [-0.15, -0.1) is 0 Å². The predicted octanol–water partition coefficient (Wildman–Crippen LogP) is 1.96. The maximum atomic E-state index is 13.8. The van der Waals surface area contributed by atoms with E-state index in [0.717, 1.165) is 18.9 Å². The monoisotopic (exact) mass is 396 g/mol. The van der Waals surface area contributed by atoms with Crippen molar-refractivity contribution >= 4 is 17.6 Å². The van der Waals surface area contributed by atoms with Crippen LogP contribution in [0.25, 0.3) is 0 Å². The number of anilines is 1. The van der Waals surface area contributed by atoms with E-state index >= 15 is 0 Å². The minimum absolute atomic E-state index is 0.0215. The molecule has 2 amide bonds. The van der Waals surface area contributed by atoms with Crippen molar-refractivity contribution in [3.05, 3.63) is 60.0 Å². The van der Waals surface area contributed by atoms with Crippen LogP contribution in [-0.4, -0.2) is 65.9 Å². The fourth-order valence-corrected chi connectivity index (χ4v) is 4.07. The molecule has 4 rings (SSSR count). The Kier molecular flexibility index (Phi) is 5.74. The zero-order valence-corrected chi connectivity index (χ0v) is 16.3. The number of carbonyl (C=O) groups is 2. The summed E-state index contributed by atoms with van der Waals surface area (Å²) >= 11 is 0. The van der Waals surface area contributed by atoms with Crippen molar-refractivity contribution in [2.24, 2.45) is 5.92 Å². The van der Waals surface area contributed by atoms with Gasteiger partial charge < -0.3 is 14.7 Å². The van der Waals surface area contributed by atoms with Crippen molar-refractivity contribution in [2.45, 2.75) is 12.8 Å². The Hall–Kier alpha value is -2.96. The second-order valence-corrected chi connectivity index (χ2v) is 7.58. The summed E-state index contributed by atoms with van der Waals surface area (Å²) in [6, 6.07) is 12.4. The Balaban J connectivity index is 1.29. The molecule has 2 aliphatic heterocycles. The lowest BCUT2D eigenvalue weighted by molar-refractivity contribution is -0.136. The largest absolute Gasteiger partial charge is 0.353 e. The minimum atomic E-state index is -0.301.